The minimum absolute atomic E-state index is 0.0553. The number of benzene rings is 4. The van der Waals surface area contributed by atoms with Crippen molar-refractivity contribution in [2.24, 2.45) is 59.2 Å². The van der Waals surface area contributed by atoms with Crippen LogP contribution in [-0.2, 0) is 21.7 Å². The molecule has 0 amide bonds. The van der Waals surface area contributed by atoms with Crippen molar-refractivity contribution in [3.05, 3.63) is 166 Å². The van der Waals surface area contributed by atoms with Crippen LogP contribution in [0, 0.1) is 59.2 Å². The molecule has 0 saturated heterocycles. The standard InChI is InChI=1S/C54H62O2/c1-31-32(2)50(42-25-17-12-18-26-42)34(4)36(6)52(44-29-21-14-22-30-44)38(8)40(10)53(55)39(9)37(7)51(43-27-19-13-20-28-43)35(5)33(3)49(31,41-23-15-11-16-24-41)45-46(50)48(52)54(53,56)47(45)51/h11-40,55-56H,1-10H3/t31-,32?,33?,34-,35-,36+,37?,38?,39?,40+,49?,50?,51?,52?,53?,54?/m0/s1. The van der Waals surface area contributed by atoms with Crippen LogP contribution in [0.5, 0.6) is 0 Å². The van der Waals surface area contributed by atoms with Gasteiger partial charge >= 0.3 is 0 Å². The van der Waals surface area contributed by atoms with Gasteiger partial charge in [0.25, 0.3) is 0 Å². The third kappa shape index (κ3) is 3.41. The largest absolute Gasteiger partial charge is 0.386 e. The van der Waals surface area contributed by atoms with Gasteiger partial charge in [0, 0.05) is 21.7 Å². The molecule has 290 valence electrons. The maximum atomic E-state index is 15.3. The Morgan fingerprint density at radius 3 is 0.786 bits per heavy atom. The van der Waals surface area contributed by atoms with Crippen LogP contribution in [0.1, 0.15) is 91.5 Å². The summed E-state index contributed by atoms with van der Waals surface area (Å²) < 4.78 is 0. The fourth-order valence-electron chi connectivity index (χ4n) is 17.0. The molecule has 0 heterocycles. The molecule has 0 radical (unpaired) electrons. The first-order valence-electron chi connectivity index (χ1n) is 21.9. The van der Waals surface area contributed by atoms with Crippen molar-refractivity contribution < 1.29 is 10.2 Å². The summed E-state index contributed by atoms with van der Waals surface area (Å²) in [6.07, 6.45) is 0. The predicted octanol–water partition coefficient (Wildman–Crippen LogP) is 11.2. The summed E-state index contributed by atoms with van der Waals surface area (Å²) in [5.74, 6) is 0.951. The molecule has 11 unspecified atom stereocenters. The van der Waals surface area contributed by atoms with Crippen molar-refractivity contribution in [3.8, 4) is 0 Å². The molecule has 2 heteroatoms. The lowest BCUT2D eigenvalue weighted by Gasteiger charge is -2.73. The van der Waals surface area contributed by atoms with Gasteiger partial charge in [-0.15, -0.1) is 0 Å². The van der Waals surface area contributed by atoms with E-state index in [2.05, 4.69) is 191 Å². The van der Waals surface area contributed by atoms with Gasteiger partial charge in [-0.3, -0.25) is 0 Å². The predicted molar refractivity (Wildman–Crippen MR) is 228 cm³/mol. The Morgan fingerprint density at radius 2 is 0.518 bits per heavy atom. The molecule has 0 spiro atoms. The van der Waals surface area contributed by atoms with Crippen molar-refractivity contribution >= 4 is 0 Å². The first-order valence-corrected chi connectivity index (χ1v) is 21.9. The lowest BCUT2D eigenvalue weighted by molar-refractivity contribution is -0.250. The average molecular weight is 743 g/mol. The molecule has 6 aliphatic rings. The maximum Gasteiger partial charge on any atom is 0.139 e. The van der Waals surface area contributed by atoms with Crippen molar-refractivity contribution in [3.63, 3.8) is 0 Å². The quantitative estimate of drug-likeness (QED) is 0.219. The zero-order valence-corrected chi connectivity index (χ0v) is 35.2. The molecule has 3 saturated carbocycles. The summed E-state index contributed by atoms with van der Waals surface area (Å²) >= 11 is 0. The second-order valence-corrected chi connectivity index (χ2v) is 19.9. The summed E-state index contributed by atoms with van der Waals surface area (Å²) in [5, 5.41) is 29.7. The summed E-state index contributed by atoms with van der Waals surface area (Å²) in [6.45, 7) is 24.7. The van der Waals surface area contributed by atoms with Gasteiger partial charge in [-0.05, 0) is 104 Å². The SMILES string of the molecule is CC1[C@@H](C)C2(O)C(C)C(C)C3(c4ccccc4)C4=C5C6=C(C1(c1ccccc1)[C@H](C)[C@H](C)C6(c1ccccc1)C(C)[C@H](C)C5(c1ccccc1)C(C)[C@@H]3C)C42O. The molecule has 4 aromatic rings. The van der Waals surface area contributed by atoms with Gasteiger partial charge in [0.2, 0.25) is 0 Å². The first kappa shape index (κ1) is 36.6. The average Bonchev–Trinajstić information content (AvgIpc) is 3.52. The van der Waals surface area contributed by atoms with E-state index in [1.165, 1.54) is 33.4 Å². The van der Waals surface area contributed by atoms with Gasteiger partial charge in [-0.1, -0.05) is 191 Å². The molecule has 0 aromatic heterocycles. The second kappa shape index (κ2) is 11.5. The minimum atomic E-state index is -1.60. The summed E-state index contributed by atoms with van der Waals surface area (Å²) in [7, 11) is 0. The molecule has 0 aliphatic heterocycles. The topological polar surface area (TPSA) is 40.5 Å². The van der Waals surface area contributed by atoms with Crippen LogP contribution in [0.4, 0.5) is 0 Å². The number of allylic oxidation sites excluding steroid dienone is 2. The second-order valence-electron chi connectivity index (χ2n) is 19.9. The van der Waals surface area contributed by atoms with Crippen LogP contribution in [0.15, 0.2) is 144 Å². The van der Waals surface area contributed by atoms with Crippen molar-refractivity contribution in [2.75, 3.05) is 0 Å². The molecular formula is C54H62O2. The molecule has 0 bridgehead atoms. The van der Waals surface area contributed by atoms with E-state index in [4.69, 9.17) is 0 Å². The van der Waals surface area contributed by atoms with Crippen LogP contribution in [-0.4, -0.2) is 21.4 Å². The van der Waals surface area contributed by atoms with Crippen LogP contribution in [0.3, 0.4) is 0 Å². The van der Waals surface area contributed by atoms with Crippen molar-refractivity contribution in [2.45, 2.75) is 102 Å². The zero-order chi connectivity index (χ0) is 39.5. The molecule has 3 fully saturated rings. The number of aliphatic hydroxyl groups is 2. The van der Waals surface area contributed by atoms with Gasteiger partial charge in [0.1, 0.15) is 11.2 Å². The van der Waals surface area contributed by atoms with Crippen LogP contribution in [0.2, 0.25) is 0 Å². The fraction of sp³-hybridized carbons (Fsp3) is 0.481. The van der Waals surface area contributed by atoms with Crippen molar-refractivity contribution in [1.29, 1.82) is 0 Å². The van der Waals surface area contributed by atoms with Gasteiger partial charge in [0.15, 0.2) is 0 Å². The van der Waals surface area contributed by atoms with Gasteiger partial charge in [-0.2, -0.15) is 0 Å². The molecule has 2 N–H and O–H groups in total. The Labute approximate surface area is 336 Å². The molecule has 2 nitrogen and oxygen atoms in total. The Kier molecular flexibility index (Phi) is 7.50. The smallest absolute Gasteiger partial charge is 0.139 e. The highest BCUT2D eigenvalue weighted by atomic mass is 16.4. The van der Waals surface area contributed by atoms with Crippen LogP contribution >= 0.6 is 0 Å². The molecule has 16 atom stereocenters. The third-order valence-corrected chi connectivity index (χ3v) is 19.6. The number of hydrogen-bond acceptors (Lipinski definition) is 2. The van der Waals surface area contributed by atoms with Crippen LogP contribution in [0.25, 0.3) is 0 Å². The first-order chi connectivity index (χ1) is 26.7. The molecule has 6 aliphatic carbocycles. The van der Waals surface area contributed by atoms with E-state index in [0.29, 0.717) is 0 Å². The van der Waals surface area contributed by atoms with Gasteiger partial charge < -0.3 is 10.2 Å². The summed E-state index contributed by atoms with van der Waals surface area (Å²) in [5.41, 5.74) is 5.45. The van der Waals surface area contributed by atoms with E-state index in [-0.39, 0.29) is 59.2 Å². The normalized spacial score (nSPS) is 47.2. The van der Waals surface area contributed by atoms with Crippen LogP contribution < -0.4 is 0 Å². The third-order valence-electron chi connectivity index (χ3n) is 19.6. The highest BCUT2D eigenvalue weighted by molar-refractivity contribution is 5.80. The Hall–Kier alpha value is -3.72. The van der Waals surface area contributed by atoms with E-state index in [9.17, 15) is 5.11 Å². The minimum Gasteiger partial charge on any atom is -0.386 e. The summed E-state index contributed by atoms with van der Waals surface area (Å²) in [4.78, 5) is 0. The molecule has 4 aromatic carbocycles. The van der Waals surface area contributed by atoms with E-state index in [1.54, 1.807) is 0 Å². The monoisotopic (exact) mass is 742 g/mol. The molecular weight excluding hydrogens is 681 g/mol. The lowest BCUT2D eigenvalue weighted by atomic mass is 9.33. The maximum absolute atomic E-state index is 15.3. The highest BCUT2D eigenvalue weighted by Gasteiger charge is 2.86. The molecule has 10 rings (SSSR count). The number of rotatable bonds is 4. The Morgan fingerprint density at radius 1 is 0.304 bits per heavy atom. The molecule has 56 heavy (non-hydrogen) atoms. The number of hydrogen-bond donors (Lipinski definition) is 2. The van der Waals surface area contributed by atoms with Crippen molar-refractivity contribution in [1.82, 2.24) is 0 Å². The van der Waals surface area contributed by atoms with Gasteiger partial charge in [0.05, 0.1) is 0 Å². The fourth-order valence-corrected chi connectivity index (χ4v) is 17.0. The van der Waals surface area contributed by atoms with Gasteiger partial charge in [-0.25, -0.2) is 0 Å². The lowest BCUT2D eigenvalue weighted by Crippen LogP contribution is -2.80. The van der Waals surface area contributed by atoms with E-state index in [0.717, 1.165) is 11.1 Å². The zero-order valence-electron chi connectivity index (χ0n) is 35.2. The Bertz CT molecular complexity index is 2120. The van der Waals surface area contributed by atoms with E-state index in [1.807, 2.05) is 0 Å². The Balaban J connectivity index is 1.54. The van der Waals surface area contributed by atoms with E-state index >= 15 is 5.11 Å². The summed E-state index contributed by atoms with van der Waals surface area (Å²) in [6, 6.07) is 45.4. The van der Waals surface area contributed by atoms with E-state index < -0.39 is 32.9 Å². The highest BCUT2D eigenvalue weighted by Crippen LogP contribution is 2.85.